The second-order valence-electron chi connectivity index (χ2n) is 15.6. The highest BCUT2D eigenvalue weighted by atomic mass is 16.6. The SMILES string of the molecule is COC(=O)C1(C)C(C(=O)Nc2ccc(OCCCNC(=O)OC(C)(C)C)cc2)C(C)(C(=O)OC)C1C(=O)c1ccc(OCCCNC(=O)OC(C)(C)C)cc1. The van der Waals surface area contributed by atoms with Gasteiger partial charge < -0.3 is 44.4 Å². The van der Waals surface area contributed by atoms with Crippen LogP contribution in [0.2, 0.25) is 0 Å². The Bertz CT molecular complexity index is 1650. The van der Waals surface area contributed by atoms with Crippen LogP contribution in [0.25, 0.3) is 0 Å². The Morgan fingerprint density at radius 1 is 0.618 bits per heavy atom. The number of amides is 3. The van der Waals surface area contributed by atoms with E-state index < -0.39 is 69.7 Å². The van der Waals surface area contributed by atoms with Crippen LogP contribution in [0.15, 0.2) is 48.5 Å². The molecule has 3 N–H and O–H groups in total. The van der Waals surface area contributed by atoms with Gasteiger partial charge in [0.25, 0.3) is 0 Å². The van der Waals surface area contributed by atoms with Gasteiger partial charge in [0.05, 0.1) is 50.1 Å². The molecule has 15 heteroatoms. The van der Waals surface area contributed by atoms with E-state index in [1.807, 2.05) is 0 Å². The number of alkyl carbamates (subject to hydrolysis) is 2. The Morgan fingerprint density at radius 2 is 1.02 bits per heavy atom. The van der Waals surface area contributed by atoms with Crippen LogP contribution in [0.1, 0.15) is 78.6 Å². The molecule has 1 saturated carbocycles. The molecule has 3 rings (SSSR count). The molecule has 1 fully saturated rings. The first kappa shape index (κ1) is 44.1. The number of hydrogen-bond acceptors (Lipinski definition) is 12. The van der Waals surface area contributed by atoms with Gasteiger partial charge in [-0.1, -0.05) is 0 Å². The fourth-order valence-electron chi connectivity index (χ4n) is 6.75. The number of nitrogens with one attached hydrogen (secondary N) is 3. The second kappa shape index (κ2) is 18.3. The molecule has 2 unspecified atom stereocenters. The van der Waals surface area contributed by atoms with Gasteiger partial charge in [-0.05, 0) is 117 Å². The van der Waals surface area contributed by atoms with Crippen LogP contribution in [0.4, 0.5) is 15.3 Å². The standard InChI is InChI=1S/C40H55N3O12/c1-37(2,3)54-35(48)41-21-11-23-52-27-17-13-25(14-18-27)29(44)30-39(7,33(46)50-9)31(40(30,8)34(47)51-10)32(45)43-26-15-19-28(20-16-26)53-24-12-22-42-36(49)55-38(4,5)6/h13-20,30-31H,11-12,21-24H2,1-10H3,(H,41,48)(H,42,49)(H,43,45). The third-order valence-electron chi connectivity index (χ3n) is 8.95. The molecule has 55 heavy (non-hydrogen) atoms. The zero-order valence-corrected chi connectivity index (χ0v) is 33.4. The molecule has 0 radical (unpaired) electrons. The summed E-state index contributed by atoms with van der Waals surface area (Å²) in [5, 5.41) is 8.08. The maximum atomic E-state index is 14.2. The predicted octanol–water partition coefficient (Wildman–Crippen LogP) is 5.70. The number of Topliss-reactive ketones (excluding diaryl/α,β-unsaturated/α-hetero) is 1. The number of methoxy groups -OCH3 is 2. The van der Waals surface area contributed by atoms with E-state index in [1.54, 1.807) is 77.9 Å². The number of carbonyl (C=O) groups excluding carboxylic acids is 6. The van der Waals surface area contributed by atoms with Gasteiger partial charge in [-0.3, -0.25) is 19.2 Å². The van der Waals surface area contributed by atoms with Crippen molar-refractivity contribution in [2.45, 2.75) is 79.4 Å². The van der Waals surface area contributed by atoms with Crippen molar-refractivity contribution in [3.8, 4) is 11.5 Å². The number of carbonyl (C=O) groups is 6. The van der Waals surface area contributed by atoms with Gasteiger partial charge in [-0.25, -0.2) is 9.59 Å². The summed E-state index contributed by atoms with van der Waals surface area (Å²) >= 11 is 0. The quantitative estimate of drug-likeness (QED) is 0.0818. The summed E-state index contributed by atoms with van der Waals surface area (Å²) in [5.74, 6) is -4.61. The van der Waals surface area contributed by atoms with E-state index in [4.69, 9.17) is 28.4 Å². The molecular formula is C40H55N3O12. The molecule has 0 spiro atoms. The van der Waals surface area contributed by atoms with Crippen molar-refractivity contribution in [2.75, 3.05) is 45.8 Å². The van der Waals surface area contributed by atoms with Crippen molar-refractivity contribution in [1.82, 2.24) is 10.6 Å². The first-order valence-electron chi connectivity index (χ1n) is 18.1. The van der Waals surface area contributed by atoms with Gasteiger partial charge in [0.1, 0.15) is 22.7 Å². The van der Waals surface area contributed by atoms with Crippen LogP contribution in [0.3, 0.4) is 0 Å². The van der Waals surface area contributed by atoms with Crippen molar-refractivity contribution >= 4 is 41.5 Å². The topological polar surface area (TPSA) is 194 Å². The summed E-state index contributed by atoms with van der Waals surface area (Å²) in [6.45, 7) is 14.8. The molecule has 2 atom stereocenters. The molecule has 2 aromatic carbocycles. The van der Waals surface area contributed by atoms with E-state index in [0.29, 0.717) is 49.7 Å². The van der Waals surface area contributed by atoms with Crippen LogP contribution >= 0.6 is 0 Å². The van der Waals surface area contributed by atoms with Crippen LogP contribution in [-0.2, 0) is 33.3 Å². The average molecular weight is 770 g/mol. The predicted molar refractivity (Wildman–Crippen MR) is 202 cm³/mol. The highest BCUT2D eigenvalue weighted by Gasteiger charge is 2.78. The van der Waals surface area contributed by atoms with E-state index in [0.717, 1.165) is 14.2 Å². The van der Waals surface area contributed by atoms with Crippen molar-refractivity contribution in [3.05, 3.63) is 54.1 Å². The number of benzene rings is 2. The molecule has 0 aromatic heterocycles. The fraction of sp³-hybridized carbons (Fsp3) is 0.550. The van der Waals surface area contributed by atoms with Gasteiger partial charge in [0.15, 0.2) is 5.78 Å². The molecule has 15 nitrogen and oxygen atoms in total. The molecular weight excluding hydrogens is 714 g/mol. The Morgan fingerprint density at radius 3 is 1.40 bits per heavy atom. The second-order valence-corrected chi connectivity index (χ2v) is 15.6. The molecule has 2 aromatic rings. The fourth-order valence-corrected chi connectivity index (χ4v) is 6.75. The zero-order chi connectivity index (χ0) is 41.2. The number of ether oxygens (including phenoxy) is 6. The molecule has 3 amide bonds. The van der Waals surface area contributed by atoms with Crippen LogP contribution in [0.5, 0.6) is 11.5 Å². The smallest absolute Gasteiger partial charge is 0.407 e. The van der Waals surface area contributed by atoms with Crippen molar-refractivity contribution < 1.29 is 57.2 Å². The summed E-state index contributed by atoms with van der Waals surface area (Å²) in [4.78, 5) is 78.7. The lowest BCUT2D eigenvalue weighted by atomic mass is 9.38. The minimum absolute atomic E-state index is 0.185. The summed E-state index contributed by atoms with van der Waals surface area (Å²) in [6, 6.07) is 12.7. The molecule has 0 aliphatic heterocycles. The number of esters is 2. The van der Waals surface area contributed by atoms with E-state index in [-0.39, 0.29) is 12.2 Å². The van der Waals surface area contributed by atoms with Crippen molar-refractivity contribution in [2.24, 2.45) is 22.7 Å². The Balaban J connectivity index is 1.68. The van der Waals surface area contributed by atoms with Gasteiger partial charge in [0, 0.05) is 24.3 Å². The van der Waals surface area contributed by atoms with Gasteiger partial charge in [-0.2, -0.15) is 0 Å². The van der Waals surface area contributed by atoms with Crippen LogP contribution in [0, 0.1) is 22.7 Å². The first-order chi connectivity index (χ1) is 25.7. The minimum Gasteiger partial charge on any atom is -0.494 e. The third-order valence-corrected chi connectivity index (χ3v) is 8.95. The third kappa shape index (κ3) is 11.3. The minimum atomic E-state index is -1.74. The normalized spacial score (nSPS) is 20.5. The van der Waals surface area contributed by atoms with Gasteiger partial charge >= 0.3 is 24.1 Å². The van der Waals surface area contributed by atoms with Gasteiger partial charge in [-0.15, -0.1) is 0 Å². The molecule has 1 aliphatic carbocycles. The Labute approximate surface area is 322 Å². The number of rotatable bonds is 16. The van der Waals surface area contributed by atoms with E-state index in [1.165, 1.54) is 26.0 Å². The summed E-state index contributed by atoms with van der Waals surface area (Å²) in [5.41, 5.74) is -4.15. The maximum Gasteiger partial charge on any atom is 0.407 e. The lowest BCUT2D eigenvalue weighted by molar-refractivity contribution is -0.212. The Hall–Kier alpha value is -5.34. The Kier molecular flexibility index (Phi) is 14.7. The molecule has 1 aliphatic rings. The van der Waals surface area contributed by atoms with Crippen LogP contribution < -0.4 is 25.4 Å². The van der Waals surface area contributed by atoms with Gasteiger partial charge in [0.2, 0.25) is 5.91 Å². The largest absolute Gasteiger partial charge is 0.494 e. The lowest BCUT2D eigenvalue weighted by Crippen LogP contribution is -2.73. The van der Waals surface area contributed by atoms with Crippen LogP contribution in [-0.4, -0.2) is 87.5 Å². The summed E-state index contributed by atoms with van der Waals surface area (Å²) in [6.07, 6.45) is -0.0223. The van der Waals surface area contributed by atoms with Crippen molar-refractivity contribution in [1.29, 1.82) is 0 Å². The molecule has 0 saturated heterocycles. The highest BCUT2D eigenvalue weighted by Crippen LogP contribution is 2.66. The lowest BCUT2D eigenvalue weighted by Gasteiger charge is -2.60. The number of ketones is 1. The number of hydrogen-bond donors (Lipinski definition) is 3. The summed E-state index contributed by atoms with van der Waals surface area (Å²) < 4.78 is 32.1. The maximum absolute atomic E-state index is 14.2. The average Bonchev–Trinajstić information content (AvgIpc) is 3.09. The van der Waals surface area contributed by atoms with E-state index >= 15 is 0 Å². The molecule has 0 heterocycles. The monoisotopic (exact) mass is 769 g/mol. The highest BCUT2D eigenvalue weighted by molar-refractivity contribution is 6.11. The van der Waals surface area contributed by atoms with Crippen molar-refractivity contribution in [3.63, 3.8) is 0 Å². The zero-order valence-electron chi connectivity index (χ0n) is 33.4. The first-order valence-corrected chi connectivity index (χ1v) is 18.1. The van der Waals surface area contributed by atoms with E-state index in [2.05, 4.69) is 16.0 Å². The van der Waals surface area contributed by atoms with E-state index in [9.17, 15) is 28.8 Å². The summed E-state index contributed by atoms with van der Waals surface area (Å²) in [7, 11) is 2.30. The number of anilines is 1. The molecule has 302 valence electrons. The molecule has 0 bridgehead atoms.